The van der Waals surface area contributed by atoms with E-state index in [4.69, 9.17) is 9.51 Å². The fraction of sp³-hybridized carbons (Fsp3) is 0.333. The highest BCUT2D eigenvalue weighted by Crippen LogP contribution is 2.29. The van der Waals surface area contributed by atoms with Gasteiger partial charge in [0, 0.05) is 44.5 Å². The van der Waals surface area contributed by atoms with Gasteiger partial charge in [0.1, 0.15) is 5.82 Å². The third-order valence-electron chi connectivity index (χ3n) is 5.35. The molecule has 0 spiro atoms. The first-order valence-electron chi connectivity index (χ1n) is 10.1. The number of hydrogen-bond acceptors (Lipinski definition) is 8. The van der Waals surface area contributed by atoms with E-state index in [1.54, 1.807) is 6.92 Å². The number of piperazine rings is 1. The Morgan fingerprint density at radius 2 is 1.97 bits per heavy atom. The number of H-pyrrole nitrogens is 1. The summed E-state index contributed by atoms with van der Waals surface area (Å²) in [5.41, 5.74) is 4.91. The van der Waals surface area contributed by atoms with Gasteiger partial charge in [-0.15, -0.1) is 12.4 Å². The quantitative estimate of drug-likeness (QED) is 0.434. The Kier molecular flexibility index (Phi) is 6.17. The molecule has 4 heterocycles. The Morgan fingerprint density at radius 3 is 2.74 bits per heavy atom. The molecule has 5 rings (SSSR count). The highest BCUT2D eigenvalue weighted by molar-refractivity contribution is 5.87. The van der Waals surface area contributed by atoms with Crippen molar-refractivity contribution in [3.63, 3.8) is 0 Å². The lowest BCUT2D eigenvalue weighted by Crippen LogP contribution is -2.42. The normalized spacial score (nSPS) is 14.5. The summed E-state index contributed by atoms with van der Waals surface area (Å²) < 4.78 is 5.33. The minimum Gasteiger partial charge on any atom is -0.334 e. The molecule has 3 N–H and O–H groups in total. The largest absolute Gasteiger partial charge is 0.334 e. The van der Waals surface area contributed by atoms with Crippen LogP contribution in [-0.4, -0.2) is 56.2 Å². The first-order chi connectivity index (χ1) is 14.7. The molecule has 0 unspecified atom stereocenters. The van der Waals surface area contributed by atoms with Gasteiger partial charge in [0.15, 0.2) is 5.82 Å². The molecule has 9 nitrogen and oxygen atoms in total. The average molecular weight is 441 g/mol. The monoisotopic (exact) mass is 440 g/mol. The summed E-state index contributed by atoms with van der Waals surface area (Å²) in [5.74, 6) is 2.54. The van der Waals surface area contributed by atoms with Gasteiger partial charge in [0.25, 0.3) is 5.89 Å². The van der Waals surface area contributed by atoms with Crippen molar-refractivity contribution in [1.82, 2.24) is 35.3 Å². The van der Waals surface area contributed by atoms with Crippen LogP contribution in [0.4, 0.5) is 11.8 Å². The Balaban J connectivity index is 0.00000231. The van der Waals surface area contributed by atoms with Gasteiger partial charge in [0.2, 0.25) is 5.95 Å². The zero-order valence-electron chi connectivity index (χ0n) is 17.5. The molecule has 31 heavy (non-hydrogen) atoms. The van der Waals surface area contributed by atoms with Crippen LogP contribution in [0.5, 0.6) is 0 Å². The van der Waals surface area contributed by atoms with Crippen molar-refractivity contribution < 1.29 is 4.52 Å². The molecule has 0 atom stereocenters. The van der Waals surface area contributed by atoms with Crippen LogP contribution >= 0.6 is 12.4 Å². The van der Waals surface area contributed by atoms with Crippen molar-refractivity contribution in [2.45, 2.75) is 20.4 Å². The van der Waals surface area contributed by atoms with E-state index in [-0.39, 0.29) is 12.4 Å². The number of benzene rings is 1. The van der Waals surface area contributed by atoms with Crippen molar-refractivity contribution in [2.24, 2.45) is 0 Å². The summed E-state index contributed by atoms with van der Waals surface area (Å²) in [7, 11) is 0. The number of imidazole rings is 1. The van der Waals surface area contributed by atoms with Crippen molar-refractivity contribution >= 4 is 35.2 Å². The number of rotatable bonds is 5. The summed E-state index contributed by atoms with van der Waals surface area (Å²) in [6, 6.07) is 8.09. The maximum atomic E-state index is 5.33. The highest BCUT2D eigenvalue weighted by Gasteiger charge is 2.15. The van der Waals surface area contributed by atoms with E-state index in [9.17, 15) is 0 Å². The second kappa shape index (κ2) is 9.01. The van der Waals surface area contributed by atoms with Gasteiger partial charge in [-0.1, -0.05) is 5.16 Å². The first-order valence-corrected chi connectivity index (χ1v) is 10.1. The van der Waals surface area contributed by atoms with Crippen LogP contribution in [0, 0.1) is 13.8 Å². The second-order valence-corrected chi connectivity index (χ2v) is 7.57. The Hall–Kier alpha value is -3.01. The molecule has 0 bridgehead atoms. The van der Waals surface area contributed by atoms with E-state index in [2.05, 4.69) is 47.8 Å². The zero-order valence-corrected chi connectivity index (χ0v) is 18.3. The molecule has 1 aromatic carbocycles. The van der Waals surface area contributed by atoms with Crippen molar-refractivity contribution in [1.29, 1.82) is 0 Å². The molecule has 1 aliphatic heterocycles. The molecular weight excluding hydrogens is 416 g/mol. The van der Waals surface area contributed by atoms with E-state index in [0.29, 0.717) is 17.7 Å². The molecule has 0 saturated carbocycles. The molecular formula is C21H25ClN8O. The van der Waals surface area contributed by atoms with E-state index in [0.717, 1.165) is 60.7 Å². The van der Waals surface area contributed by atoms with E-state index < -0.39 is 0 Å². The summed E-state index contributed by atoms with van der Waals surface area (Å²) in [5, 5.41) is 10.6. The van der Waals surface area contributed by atoms with E-state index in [1.807, 2.05) is 25.3 Å². The number of nitrogens with zero attached hydrogens (tertiary/aromatic N) is 5. The fourth-order valence-corrected chi connectivity index (χ4v) is 3.80. The van der Waals surface area contributed by atoms with Gasteiger partial charge in [0.05, 0.1) is 11.0 Å². The number of pyridine rings is 1. The lowest BCUT2D eigenvalue weighted by molar-refractivity contribution is 0.233. The number of anilines is 2. The minimum atomic E-state index is 0. The minimum absolute atomic E-state index is 0. The first kappa shape index (κ1) is 21.2. The maximum Gasteiger partial charge on any atom is 0.258 e. The molecule has 0 amide bonds. The average Bonchev–Trinajstić information content (AvgIpc) is 3.36. The molecule has 1 aliphatic rings. The molecule has 0 radical (unpaired) electrons. The Bertz CT molecular complexity index is 1180. The van der Waals surface area contributed by atoms with Crippen molar-refractivity contribution in [3.8, 4) is 11.5 Å². The smallest absolute Gasteiger partial charge is 0.258 e. The summed E-state index contributed by atoms with van der Waals surface area (Å²) in [4.78, 5) is 19.3. The SMILES string of the molecule is Cc1noc(-c2ccc3[nH]c(Nc4cc(CN5CCNCC5)ccn4)nc3c2C)n1.Cl. The molecule has 4 aromatic rings. The van der Waals surface area contributed by atoms with Crippen LogP contribution < -0.4 is 10.6 Å². The molecule has 0 aliphatic carbocycles. The summed E-state index contributed by atoms with van der Waals surface area (Å²) in [6.45, 7) is 8.95. The van der Waals surface area contributed by atoms with Crippen LogP contribution in [-0.2, 0) is 6.54 Å². The molecule has 162 valence electrons. The number of halogens is 1. The van der Waals surface area contributed by atoms with Gasteiger partial charge < -0.3 is 20.1 Å². The van der Waals surface area contributed by atoms with Gasteiger partial charge in [-0.05, 0) is 49.2 Å². The molecule has 10 heteroatoms. The summed E-state index contributed by atoms with van der Waals surface area (Å²) >= 11 is 0. The Labute approximate surface area is 186 Å². The molecule has 1 fully saturated rings. The van der Waals surface area contributed by atoms with Crippen LogP contribution in [0.3, 0.4) is 0 Å². The Morgan fingerprint density at radius 1 is 1.13 bits per heavy atom. The van der Waals surface area contributed by atoms with Gasteiger partial charge >= 0.3 is 0 Å². The van der Waals surface area contributed by atoms with Gasteiger partial charge in [-0.2, -0.15) is 4.98 Å². The molecule has 1 saturated heterocycles. The number of fused-ring (bicyclic) bond motifs is 1. The van der Waals surface area contributed by atoms with E-state index >= 15 is 0 Å². The fourth-order valence-electron chi connectivity index (χ4n) is 3.80. The molecule has 3 aromatic heterocycles. The van der Waals surface area contributed by atoms with Crippen molar-refractivity contribution in [3.05, 3.63) is 47.4 Å². The number of hydrogen-bond donors (Lipinski definition) is 3. The maximum absolute atomic E-state index is 5.33. The second-order valence-electron chi connectivity index (χ2n) is 7.57. The third-order valence-corrected chi connectivity index (χ3v) is 5.35. The van der Waals surface area contributed by atoms with Crippen molar-refractivity contribution in [2.75, 3.05) is 31.5 Å². The number of aromatic nitrogens is 5. The predicted octanol–water partition coefficient (Wildman–Crippen LogP) is 3.20. The van der Waals surface area contributed by atoms with Crippen LogP contribution in [0.1, 0.15) is 17.0 Å². The van der Waals surface area contributed by atoms with Crippen LogP contribution in [0.2, 0.25) is 0 Å². The third kappa shape index (κ3) is 4.53. The highest BCUT2D eigenvalue weighted by atomic mass is 35.5. The van der Waals surface area contributed by atoms with Crippen LogP contribution in [0.25, 0.3) is 22.5 Å². The van der Waals surface area contributed by atoms with E-state index in [1.165, 1.54) is 5.56 Å². The lowest BCUT2D eigenvalue weighted by Gasteiger charge is -2.27. The zero-order chi connectivity index (χ0) is 20.5. The predicted molar refractivity (Wildman–Crippen MR) is 122 cm³/mol. The van der Waals surface area contributed by atoms with Gasteiger partial charge in [-0.25, -0.2) is 9.97 Å². The lowest BCUT2D eigenvalue weighted by atomic mass is 10.1. The number of aryl methyl sites for hydroxylation is 2. The number of nitrogens with one attached hydrogen (secondary N) is 3. The standard InChI is InChI=1S/C21H24N8O.ClH/c1-13-16(20-24-14(2)28-30-20)3-4-17-19(13)27-21(25-17)26-18-11-15(5-6-23-18)12-29-9-7-22-8-10-29;/h3-6,11,22H,7-10,12H2,1-2H3,(H2,23,25,26,27);1H. The van der Waals surface area contributed by atoms with Gasteiger partial charge in [-0.3, -0.25) is 4.90 Å². The number of aromatic amines is 1. The topological polar surface area (TPSA) is 108 Å². The van der Waals surface area contributed by atoms with Crippen LogP contribution in [0.15, 0.2) is 35.0 Å². The summed E-state index contributed by atoms with van der Waals surface area (Å²) in [6.07, 6.45) is 1.84.